The van der Waals surface area contributed by atoms with Gasteiger partial charge in [-0.15, -0.1) is 0 Å². The zero-order chi connectivity index (χ0) is 7.94. The van der Waals surface area contributed by atoms with Gasteiger partial charge < -0.3 is 0 Å². The first kappa shape index (κ1) is 9.24. The maximum absolute atomic E-state index is 3.95. The summed E-state index contributed by atoms with van der Waals surface area (Å²) in [5.74, 6) is 0. The average Bonchev–Trinajstić information content (AvgIpc) is 2.50. The number of hydrogen-bond acceptors (Lipinski definition) is 6. The molecule has 0 aliphatic heterocycles. The Morgan fingerprint density at radius 2 is 2.55 bits per heavy atom. The summed E-state index contributed by atoms with van der Waals surface area (Å²) in [6.07, 6.45) is 3.22. The van der Waals surface area contributed by atoms with Crippen LogP contribution < -0.4 is 4.72 Å². The summed E-state index contributed by atoms with van der Waals surface area (Å²) in [4.78, 5) is 3.82. The Labute approximate surface area is 77.9 Å². The molecule has 0 unspecified atom stereocenters. The third kappa shape index (κ3) is 3.90. The summed E-state index contributed by atoms with van der Waals surface area (Å²) < 4.78 is 4.86. The predicted molar refractivity (Wildman–Crippen MR) is 52.2 cm³/mol. The molecule has 0 aliphatic rings. The van der Waals surface area contributed by atoms with Crippen molar-refractivity contribution in [3.63, 3.8) is 0 Å². The van der Waals surface area contributed by atoms with E-state index in [9.17, 15) is 0 Å². The Kier molecular flexibility index (Phi) is 4.84. The Hall–Kier alpha value is 0.150. The fraction of sp³-hybridized carbons (Fsp3) is 0.500. The lowest BCUT2D eigenvalue weighted by Gasteiger charge is -1.99. The highest BCUT2D eigenvalue weighted by Gasteiger charge is 1.89. The van der Waals surface area contributed by atoms with E-state index in [1.54, 1.807) is 11.0 Å². The van der Waals surface area contributed by atoms with Gasteiger partial charge in [0.15, 0.2) is 0 Å². The topological polar surface area (TPSA) is 42.7 Å². The highest BCUT2D eigenvalue weighted by molar-refractivity contribution is 9.05. The van der Waals surface area contributed by atoms with E-state index in [4.69, 9.17) is 0 Å². The van der Waals surface area contributed by atoms with Crippen LogP contribution in [0, 0.1) is 0 Å². The van der Waals surface area contributed by atoms with E-state index in [-0.39, 0.29) is 0 Å². The molecule has 7 heteroatoms. The SMILES string of the molecule is SSSNCCn1cncn1. The first-order chi connectivity index (χ1) is 5.43. The fourth-order valence-corrected chi connectivity index (χ4v) is 1.69. The predicted octanol–water partition coefficient (Wildman–Crippen LogP) is 1.01. The molecule has 0 bridgehead atoms. The van der Waals surface area contributed by atoms with E-state index < -0.39 is 0 Å². The van der Waals surface area contributed by atoms with Crippen molar-refractivity contribution in [2.75, 3.05) is 6.54 Å². The van der Waals surface area contributed by atoms with Crippen molar-refractivity contribution in [2.24, 2.45) is 0 Å². The first-order valence-corrected chi connectivity index (χ1v) is 6.16. The Morgan fingerprint density at radius 1 is 1.64 bits per heavy atom. The van der Waals surface area contributed by atoms with Crippen LogP contribution in [0.4, 0.5) is 0 Å². The van der Waals surface area contributed by atoms with E-state index >= 15 is 0 Å². The first-order valence-electron chi connectivity index (χ1n) is 2.96. The molecule has 0 atom stereocenters. The van der Waals surface area contributed by atoms with Crippen molar-refractivity contribution in [1.29, 1.82) is 0 Å². The largest absolute Gasteiger partial charge is 0.252 e. The standard InChI is InChI=1S/C4H8N4S3/c9-11-10-7-1-2-8-4-5-3-6-8/h3-4,7,9H,1-2H2. The van der Waals surface area contributed by atoms with Gasteiger partial charge in [-0.1, -0.05) is 11.7 Å². The fourth-order valence-electron chi connectivity index (χ4n) is 0.576. The molecule has 62 valence electrons. The van der Waals surface area contributed by atoms with Crippen LogP contribution in [0.25, 0.3) is 0 Å². The molecular formula is C4H8N4S3. The summed E-state index contributed by atoms with van der Waals surface area (Å²) in [6.45, 7) is 1.70. The molecule has 0 aromatic carbocycles. The van der Waals surface area contributed by atoms with Crippen molar-refractivity contribution in [3.8, 4) is 0 Å². The Balaban J connectivity index is 2.04. The minimum atomic E-state index is 0.835. The molecule has 1 rings (SSSR count). The maximum atomic E-state index is 3.95. The lowest BCUT2D eigenvalue weighted by atomic mass is 10.7. The van der Waals surface area contributed by atoms with Gasteiger partial charge in [0.1, 0.15) is 12.7 Å². The lowest BCUT2D eigenvalue weighted by molar-refractivity contribution is 0.611. The van der Waals surface area contributed by atoms with Gasteiger partial charge in [0.2, 0.25) is 0 Å². The van der Waals surface area contributed by atoms with Gasteiger partial charge in [-0.2, -0.15) is 5.10 Å². The van der Waals surface area contributed by atoms with Crippen LogP contribution >= 0.6 is 32.5 Å². The van der Waals surface area contributed by atoms with Gasteiger partial charge in [-0.25, -0.2) is 4.98 Å². The lowest BCUT2D eigenvalue weighted by Crippen LogP contribution is -2.12. The molecule has 1 heterocycles. The minimum Gasteiger partial charge on any atom is -0.252 e. The van der Waals surface area contributed by atoms with Crippen LogP contribution in [0.3, 0.4) is 0 Å². The van der Waals surface area contributed by atoms with Gasteiger partial charge in [0.25, 0.3) is 0 Å². The van der Waals surface area contributed by atoms with Gasteiger partial charge in [-0.05, 0) is 9.83 Å². The summed E-state index contributed by atoms with van der Waals surface area (Å²) in [5, 5.41) is 3.94. The van der Waals surface area contributed by atoms with E-state index in [0.29, 0.717) is 0 Å². The quantitative estimate of drug-likeness (QED) is 0.327. The molecule has 0 fully saturated rings. The summed E-state index contributed by atoms with van der Waals surface area (Å²) >= 11 is 3.95. The summed E-state index contributed by atoms with van der Waals surface area (Å²) in [5.41, 5.74) is 0. The molecule has 1 aromatic heterocycles. The summed E-state index contributed by atoms with van der Waals surface area (Å²) in [7, 11) is 2.89. The van der Waals surface area contributed by atoms with Crippen molar-refractivity contribution in [1.82, 2.24) is 19.5 Å². The zero-order valence-electron chi connectivity index (χ0n) is 5.67. The van der Waals surface area contributed by atoms with Crippen molar-refractivity contribution in [3.05, 3.63) is 12.7 Å². The van der Waals surface area contributed by atoms with Crippen LogP contribution in [0.5, 0.6) is 0 Å². The normalized spacial score (nSPS) is 10.3. The highest BCUT2D eigenvalue weighted by atomic mass is 33.5. The van der Waals surface area contributed by atoms with E-state index in [0.717, 1.165) is 13.1 Å². The second kappa shape index (κ2) is 5.76. The van der Waals surface area contributed by atoms with Gasteiger partial charge >= 0.3 is 0 Å². The molecule has 0 radical (unpaired) electrons. The van der Waals surface area contributed by atoms with E-state index in [2.05, 4.69) is 26.5 Å². The number of nitrogens with zero attached hydrogens (tertiary/aromatic N) is 3. The number of nitrogens with one attached hydrogen (secondary N) is 1. The molecule has 1 N–H and O–H groups in total. The highest BCUT2D eigenvalue weighted by Crippen LogP contribution is 2.19. The van der Waals surface area contributed by atoms with E-state index in [1.165, 1.54) is 27.1 Å². The van der Waals surface area contributed by atoms with Crippen LogP contribution in [0.2, 0.25) is 0 Å². The molecule has 0 spiro atoms. The molecule has 0 saturated heterocycles. The summed E-state index contributed by atoms with van der Waals surface area (Å²) in [6, 6.07) is 0. The number of hydrogen-bond donors (Lipinski definition) is 2. The number of aromatic nitrogens is 3. The van der Waals surface area contributed by atoms with E-state index in [1.807, 2.05) is 0 Å². The molecule has 0 amide bonds. The molecule has 4 nitrogen and oxygen atoms in total. The Morgan fingerprint density at radius 3 is 3.18 bits per heavy atom. The smallest absolute Gasteiger partial charge is 0.137 e. The third-order valence-corrected chi connectivity index (χ3v) is 2.65. The zero-order valence-corrected chi connectivity index (χ0v) is 8.20. The molecule has 1 aromatic rings. The van der Waals surface area contributed by atoms with Crippen LogP contribution in [-0.4, -0.2) is 21.3 Å². The van der Waals surface area contributed by atoms with Crippen LogP contribution in [-0.2, 0) is 6.54 Å². The third-order valence-electron chi connectivity index (χ3n) is 1.01. The maximum Gasteiger partial charge on any atom is 0.137 e. The van der Waals surface area contributed by atoms with Crippen molar-refractivity contribution < 1.29 is 0 Å². The van der Waals surface area contributed by atoms with Crippen molar-refractivity contribution in [2.45, 2.75) is 6.54 Å². The van der Waals surface area contributed by atoms with Crippen LogP contribution in [0.15, 0.2) is 12.7 Å². The number of rotatable bonds is 5. The van der Waals surface area contributed by atoms with Gasteiger partial charge in [0, 0.05) is 17.5 Å². The average molecular weight is 208 g/mol. The molecule has 0 aliphatic carbocycles. The Bertz CT molecular complexity index is 177. The second-order valence-electron chi connectivity index (χ2n) is 1.71. The van der Waals surface area contributed by atoms with Crippen LogP contribution in [0.1, 0.15) is 0 Å². The number of thiol groups is 1. The molecule has 0 saturated carbocycles. The monoisotopic (exact) mass is 208 g/mol. The van der Waals surface area contributed by atoms with Gasteiger partial charge in [-0.3, -0.25) is 9.40 Å². The molecular weight excluding hydrogens is 200 g/mol. The molecule has 11 heavy (non-hydrogen) atoms. The minimum absolute atomic E-state index is 0.835. The van der Waals surface area contributed by atoms with Crippen molar-refractivity contribution >= 4 is 32.5 Å². The second-order valence-corrected chi connectivity index (χ2v) is 4.60. The van der Waals surface area contributed by atoms with Gasteiger partial charge in [0.05, 0.1) is 6.54 Å².